The normalized spacial score (nSPS) is 17.1. The number of amides is 1. The van der Waals surface area contributed by atoms with Crippen molar-refractivity contribution in [1.29, 1.82) is 0 Å². The van der Waals surface area contributed by atoms with Crippen molar-refractivity contribution in [3.8, 4) is 0 Å². The molecule has 0 spiro atoms. The van der Waals surface area contributed by atoms with Crippen LogP contribution >= 0.6 is 31.9 Å². The quantitative estimate of drug-likeness (QED) is 0.790. The Balaban J connectivity index is 1.76. The molecule has 0 aromatic heterocycles. The summed E-state index contributed by atoms with van der Waals surface area (Å²) in [7, 11) is 0. The van der Waals surface area contributed by atoms with Crippen LogP contribution in [0.4, 0.5) is 5.69 Å². The van der Waals surface area contributed by atoms with Crippen LogP contribution in [-0.2, 0) is 17.8 Å². The number of rotatable bonds is 2. The number of carbonyl (C=O) groups excluding carboxylic acids is 1. The first-order chi connectivity index (χ1) is 10.1. The number of carbonyl (C=O) groups is 1. The SMILES string of the molecule is O=C(Nc1c(Br)cccc1Br)C1Cc2ccccc2CN1. The van der Waals surface area contributed by atoms with Gasteiger partial charge in [0.05, 0.1) is 11.7 Å². The third-order valence-corrected chi connectivity index (χ3v) is 4.93. The van der Waals surface area contributed by atoms with Crippen LogP contribution in [0, 0.1) is 0 Å². The molecular formula is C16H14Br2N2O. The standard InChI is InChI=1S/C16H14Br2N2O/c17-12-6-3-7-13(18)15(12)20-16(21)14-8-10-4-1-2-5-11(10)9-19-14/h1-7,14,19H,8-9H2,(H,20,21). The fourth-order valence-corrected chi connectivity index (χ4v) is 3.66. The molecule has 0 saturated heterocycles. The second kappa shape index (κ2) is 6.30. The fraction of sp³-hybridized carbons (Fsp3) is 0.188. The van der Waals surface area contributed by atoms with Gasteiger partial charge in [0.25, 0.3) is 0 Å². The highest BCUT2D eigenvalue weighted by atomic mass is 79.9. The van der Waals surface area contributed by atoms with Crippen molar-refractivity contribution in [3.05, 3.63) is 62.5 Å². The van der Waals surface area contributed by atoms with Crippen LogP contribution in [-0.4, -0.2) is 11.9 Å². The lowest BCUT2D eigenvalue weighted by molar-refractivity contribution is -0.118. The van der Waals surface area contributed by atoms with E-state index in [0.29, 0.717) is 6.42 Å². The Bertz CT molecular complexity index is 667. The summed E-state index contributed by atoms with van der Waals surface area (Å²) in [6, 6.07) is 13.8. The van der Waals surface area contributed by atoms with Crippen molar-refractivity contribution in [2.45, 2.75) is 19.0 Å². The summed E-state index contributed by atoms with van der Waals surface area (Å²) in [5, 5.41) is 6.28. The van der Waals surface area contributed by atoms with E-state index in [-0.39, 0.29) is 11.9 Å². The maximum Gasteiger partial charge on any atom is 0.241 e. The molecule has 0 bridgehead atoms. The van der Waals surface area contributed by atoms with Crippen molar-refractivity contribution < 1.29 is 4.79 Å². The molecule has 108 valence electrons. The largest absolute Gasteiger partial charge is 0.323 e. The summed E-state index contributed by atoms with van der Waals surface area (Å²) in [5.41, 5.74) is 3.27. The van der Waals surface area contributed by atoms with E-state index in [4.69, 9.17) is 0 Å². The van der Waals surface area contributed by atoms with E-state index in [0.717, 1.165) is 21.2 Å². The van der Waals surface area contributed by atoms with Gasteiger partial charge in [-0.05, 0) is 61.5 Å². The summed E-state index contributed by atoms with van der Waals surface area (Å²) < 4.78 is 1.72. The molecular weight excluding hydrogens is 396 g/mol. The van der Waals surface area contributed by atoms with Crippen molar-refractivity contribution in [2.24, 2.45) is 0 Å². The van der Waals surface area contributed by atoms with Gasteiger partial charge >= 0.3 is 0 Å². The first-order valence-corrected chi connectivity index (χ1v) is 8.29. The van der Waals surface area contributed by atoms with Crippen LogP contribution in [0.3, 0.4) is 0 Å². The average Bonchev–Trinajstić information content (AvgIpc) is 2.50. The molecule has 0 fully saturated rings. The van der Waals surface area contributed by atoms with Gasteiger partial charge in [0.2, 0.25) is 5.91 Å². The molecule has 2 aromatic carbocycles. The molecule has 3 rings (SSSR count). The van der Waals surface area contributed by atoms with Gasteiger partial charge in [0.15, 0.2) is 0 Å². The second-order valence-electron chi connectivity index (χ2n) is 4.99. The zero-order valence-corrected chi connectivity index (χ0v) is 14.4. The number of nitrogens with one attached hydrogen (secondary N) is 2. The summed E-state index contributed by atoms with van der Waals surface area (Å²) in [6.45, 7) is 0.728. The zero-order chi connectivity index (χ0) is 14.8. The molecule has 2 aromatic rings. The summed E-state index contributed by atoms with van der Waals surface area (Å²) in [6.07, 6.45) is 0.712. The molecule has 1 unspecified atom stereocenters. The average molecular weight is 410 g/mol. The van der Waals surface area contributed by atoms with Gasteiger partial charge < -0.3 is 10.6 Å². The van der Waals surface area contributed by atoms with Crippen LogP contribution in [0.5, 0.6) is 0 Å². The van der Waals surface area contributed by atoms with Gasteiger partial charge in [-0.2, -0.15) is 0 Å². The highest BCUT2D eigenvalue weighted by molar-refractivity contribution is 9.11. The van der Waals surface area contributed by atoms with E-state index in [9.17, 15) is 4.79 Å². The highest BCUT2D eigenvalue weighted by Crippen LogP contribution is 2.31. The second-order valence-corrected chi connectivity index (χ2v) is 6.70. The van der Waals surface area contributed by atoms with Crippen molar-refractivity contribution >= 4 is 43.5 Å². The minimum absolute atomic E-state index is 0.0166. The lowest BCUT2D eigenvalue weighted by Crippen LogP contribution is -2.44. The predicted octanol–water partition coefficient (Wildman–Crippen LogP) is 3.86. The molecule has 0 radical (unpaired) electrons. The molecule has 1 aliphatic rings. The van der Waals surface area contributed by atoms with Crippen LogP contribution < -0.4 is 10.6 Å². The predicted molar refractivity (Wildman–Crippen MR) is 91.2 cm³/mol. The number of hydrogen-bond acceptors (Lipinski definition) is 2. The van der Waals surface area contributed by atoms with Gasteiger partial charge in [-0.1, -0.05) is 30.3 Å². The van der Waals surface area contributed by atoms with Gasteiger partial charge in [0.1, 0.15) is 0 Å². The molecule has 21 heavy (non-hydrogen) atoms. The number of anilines is 1. The van der Waals surface area contributed by atoms with E-state index in [1.54, 1.807) is 0 Å². The number of fused-ring (bicyclic) bond motifs is 1. The monoisotopic (exact) mass is 408 g/mol. The van der Waals surface area contributed by atoms with E-state index in [1.165, 1.54) is 11.1 Å². The number of para-hydroxylation sites is 1. The van der Waals surface area contributed by atoms with Crippen molar-refractivity contribution in [2.75, 3.05) is 5.32 Å². The van der Waals surface area contributed by atoms with E-state index < -0.39 is 0 Å². The Kier molecular flexibility index (Phi) is 4.42. The van der Waals surface area contributed by atoms with Gasteiger partial charge in [-0.15, -0.1) is 0 Å². The Labute approximate surface area is 140 Å². The van der Waals surface area contributed by atoms with Gasteiger partial charge in [-0.25, -0.2) is 0 Å². The van der Waals surface area contributed by atoms with E-state index in [2.05, 4.69) is 54.6 Å². The molecule has 5 heteroatoms. The number of hydrogen-bond donors (Lipinski definition) is 2. The lowest BCUT2D eigenvalue weighted by atomic mass is 9.95. The molecule has 3 nitrogen and oxygen atoms in total. The first-order valence-electron chi connectivity index (χ1n) is 6.70. The maximum absolute atomic E-state index is 12.5. The molecule has 1 aliphatic heterocycles. The summed E-state index contributed by atoms with van der Waals surface area (Å²) >= 11 is 6.92. The minimum Gasteiger partial charge on any atom is -0.323 e. The Morgan fingerprint density at radius 3 is 2.43 bits per heavy atom. The maximum atomic E-state index is 12.5. The van der Waals surface area contributed by atoms with Crippen LogP contribution in [0.25, 0.3) is 0 Å². The minimum atomic E-state index is -0.209. The third-order valence-electron chi connectivity index (χ3n) is 3.61. The van der Waals surface area contributed by atoms with Crippen molar-refractivity contribution in [1.82, 2.24) is 5.32 Å². The molecule has 0 aliphatic carbocycles. The lowest BCUT2D eigenvalue weighted by Gasteiger charge is -2.25. The zero-order valence-electron chi connectivity index (χ0n) is 11.2. The fourth-order valence-electron chi connectivity index (χ4n) is 2.47. The highest BCUT2D eigenvalue weighted by Gasteiger charge is 2.24. The van der Waals surface area contributed by atoms with Crippen LogP contribution in [0.15, 0.2) is 51.4 Å². The Morgan fingerprint density at radius 2 is 1.71 bits per heavy atom. The summed E-state index contributed by atoms with van der Waals surface area (Å²) in [5.74, 6) is -0.0166. The molecule has 2 N–H and O–H groups in total. The van der Waals surface area contributed by atoms with Crippen LogP contribution in [0.2, 0.25) is 0 Å². The van der Waals surface area contributed by atoms with Gasteiger partial charge in [0, 0.05) is 15.5 Å². The topological polar surface area (TPSA) is 41.1 Å². The number of benzene rings is 2. The number of halogens is 2. The molecule has 1 atom stereocenters. The summed E-state index contributed by atoms with van der Waals surface area (Å²) in [4.78, 5) is 12.5. The Hall–Kier alpha value is -1.17. The third kappa shape index (κ3) is 3.20. The Morgan fingerprint density at radius 1 is 1.05 bits per heavy atom. The molecule has 1 heterocycles. The van der Waals surface area contributed by atoms with E-state index >= 15 is 0 Å². The van der Waals surface area contributed by atoms with Crippen LogP contribution in [0.1, 0.15) is 11.1 Å². The molecule has 1 amide bonds. The smallest absolute Gasteiger partial charge is 0.241 e. The van der Waals surface area contributed by atoms with Crippen molar-refractivity contribution in [3.63, 3.8) is 0 Å². The first kappa shape index (κ1) is 14.8. The van der Waals surface area contributed by atoms with Gasteiger partial charge in [-0.3, -0.25) is 4.79 Å². The molecule has 0 saturated carbocycles. The van der Waals surface area contributed by atoms with E-state index in [1.807, 2.05) is 30.3 Å².